The number of hydrogen-bond donors (Lipinski definition) is 2. The van der Waals surface area contributed by atoms with Crippen molar-refractivity contribution in [1.82, 2.24) is 0 Å². The van der Waals surface area contributed by atoms with Crippen LogP contribution in [0.3, 0.4) is 0 Å². The van der Waals surface area contributed by atoms with Crippen LogP contribution in [0.1, 0.15) is 43.4 Å². The molecule has 0 spiro atoms. The van der Waals surface area contributed by atoms with Crippen LogP contribution < -0.4 is 4.74 Å². The van der Waals surface area contributed by atoms with Gasteiger partial charge in [-0.05, 0) is 54.8 Å². The van der Waals surface area contributed by atoms with E-state index in [0.29, 0.717) is 22.4 Å². The van der Waals surface area contributed by atoms with E-state index >= 15 is 0 Å². The normalized spacial score (nSPS) is 11.6. The summed E-state index contributed by atoms with van der Waals surface area (Å²) < 4.78 is 42.8. The Bertz CT molecular complexity index is 928. The molecule has 32 heavy (non-hydrogen) atoms. The van der Waals surface area contributed by atoms with Crippen LogP contribution in [0.15, 0.2) is 66.3 Å². The number of rotatable bonds is 8. The maximum absolute atomic E-state index is 12.4. The van der Waals surface area contributed by atoms with Crippen molar-refractivity contribution >= 4 is 18.0 Å². The fourth-order valence-corrected chi connectivity index (χ4v) is 2.25. The average Bonchev–Trinajstić information content (AvgIpc) is 2.75. The molecular weight excluding hydrogens is 425 g/mol. The third kappa shape index (κ3) is 10.5. The highest BCUT2D eigenvalue weighted by Gasteiger charge is 2.29. The van der Waals surface area contributed by atoms with E-state index in [1.165, 1.54) is 18.2 Å². The molecular formula is C24H25F3O5. The number of benzene rings is 2. The zero-order chi connectivity index (χ0) is 24.1. The van der Waals surface area contributed by atoms with Gasteiger partial charge in [0.1, 0.15) is 12.4 Å². The minimum absolute atomic E-state index is 0.141. The molecule has 0 aliphatic heterocycles. The summed E-state index contributed by atoms with van der Waals surface area (Å²) in [5.74, 6) is -1.31. The zero-order valence-electron chi connectivity index (χ0n) is 17.7. The van der Waals surface area contributed by atoms with Crippen molar-refractivity contribution in [3.8, 4) is 5.75 Å². The van der Waals surface area contributed by atoms with E-state index in [1.807, 2.05) is 6.92 Å². The van der Waals surface area contributed by atoms with E-state index in [-0.39, 0.29) is 6.61 Å². The smallest absolute Gasteiger partial charge is 0.416 e. The third-order valence-electron chi connectivity index (χ3n) is 4.06. The Labute approximate surface area is 184 Å². The zero-order valence-corrected chi connectivity index (χ0v) is 17.7. The van der Waals surface area contributed by atoms with Crippen LogP contribution in [-0.4, -0.2) is 22.2 Å². The van der Waals surface area contributed by atoms with E-state index < -0.39 is 23.7 Å². The van der Waals surface area contributed by atoms with Crippen molar-refractivity contribution in [2.24, 2.45) is 0 Å². The maximum atomic E-state index is 12.4. The van der Waals surface area contributed by atoms with Gasteiger partial charge >= 0.3 is 18.1 Å². The molecule has 2 N–H and O–H groups in total. The molecule has 5 nitrogen and oxygen atoms in total. The van der Waals surface area contributed by atoms with Gasteiger partial charge in [0.05, 0.1) is 5.56 Å². The van der Waals surface area contributed by atoms with Crippen molar-refractivity contribution < 1.29 is 37.7 Å². The second-order valence-corrected chi connectivity index (χ2v) is 6.70. The van der Waals surface area contributed by atoms with E-state index in [2.05, 4.69) is 0 Å². The fraction of sp³-hybridized carbons (Fsp3) is 0.250. The number of ether oxygens (including phenoxy) is 1. The predicted octanol–water partition coefficient (Wildman–Crippen LogP) is 6.20. The first-order chi connectivity index (χ1) is 15.0. The Balaban J connectivity index is 0.000000482. The lowest BCUT2D eigenvalue weighted by atomic mass is 10.1. The first kappa shape index (κ1) is 26.5. The van der Waals surface area contributed by atoms with Crippen LogP contribution in [0, 0.1) is 0 Å². The molecule has 0 amide bonds. The quantitative estimate of drug-likeness (QED) is 0.468. The standard InChI is InChI=1S/C17H13F3O3.C7H12O2/c18-17(19,20)14-6-1-13(2-7-14)11-23-15-8-3-12(4-9-15)5-10-16(21)22;1-3-4-5-6(2)7(8)9/h1-10H,11H2,(H,21,22);5H,3-4H2,1-2H3,(H,8,9). The summed E-state index contributed by atoms with van der Waals surface area (Å²) >= 11 is 0. The van der Waals surface area contributed by atoms with Gasteiger partial charge in [-0.25, -0.2) is 9.59 Å². The van der Waals surface area contributed by atoms with Gasteiger partial charge in [-0.1, -0.05) is 43.7 Å². The van der Waals surface area contributed by atoms with Crippen LogP contribution in [0.5, 0.6) is 5.75 Å². The number of halogens is 3. The Hall–Kier alpha value is -3.55. The van der Waals surface area contributed by atoms with Crippen molar-refractivity contribution in [2.45, 2.75) is 39.5 Å². The Kier molecular flexibility index (Phi) is 10.8. The molecule has 0 aromatic heterocycles. The first-order valence-electron chi connectivity index (χ1n) is 9.73. The second-order valence-electron chi connectivity index (χ2n) is 6.70. The van der Waals surface area contributed by atoms with Crippen molar-refractivity contribution in [3.63, 3.8) is 0 Å². The van der Waals surface area contributed by atoms with E-state index in [4.69, 9.17) is 14.9 Å². The molecule has 0 saturated carbocycles. The minimum Gasteiger partial charge on any atom is -0.489 e. The fourth-order valence-electron chi connectivity index (χ4n) is 2.25. The molecule has 2 aromatic rings. The molecule has 0 unspecified atom stereocenters. The minimum atomic E-state index is -4.35. The van der Waals surface area contributed by atoms with Gasteiger partial charge in [0.25, 0.3) is 0 Å². The summed E-state index contributed by atoms with van der Waals surface area (Å²) in [6.45, 7) is 3.77. The highest BCUT2D eigenvalue weighted by molar-refractivity contribution is 5.85. The van der Waals surface area contributed by atoms with Gasteiger partial charge in [-0.3, -0.25) is 0 Å². The van der Waals surface area contributed by atoms with E-state index in [1.54, 1.807) is 37.3 Å². The van der Waals surface area contributed by atoms with Crippen molar-refractivity contribution in [3.05, 3.63) is 82.9 Å². The number of hydrogen-bond acceptors (Lipinski definition) is 3. The van der Waals surface area contributed by atoms with Crippen molar-refractivity contribution in [2.75, 3.05) is 0 Å². The second kappa shape index (κ2) is 13.0. The van der Waals surface area contributed by atoms with Crippen LogP contribution in [0.25, 0.3) is 6.08 Å². The number of carboxylic acids is 2. The van der Waals surface area contributed by atoms with Crippen molar-refractivity contribution in [1.29, 1.82) is 0 Å². The number of aliphatic carboxylic acids is 2. The molecule has 0 saturated heterocycles. The third-order valence-corrected chi connectivity index (χ3v) is 4.06. The summed E-state index contributed by atoms with van der Waals surface area (Å²) in [4.78, 5) is 20.5. The van der Waals surface area contributed by atoms with Gasteiger partial charge in [-0.2, -0.15) is 13.2 Å². The Morgan fingerprint density at radius 3 is 2.06 bits per heavy atom. The monoisotopic (exact) mass is 450 g/mol. The summed E-state index contributed by atoms with van der Waals surface area (Å²) in [6.07, 6.45) is 1.73. The van der Waals surface area contributed by atoms with Gasteiger partial charge in [-0.15, -0.1) is 0 Å². The molecule has 0 aliphatic carbocycles. The molecule has 0 bridgehead atoms. The molecule has 2 aromatic carbocycles. The summed E-state index contributed by atoms with van der Waals surface area (Å²) in [5, 5.41) is 16.9. The lowest BCUT2D eigenvalue weighted by molar-refractivity contribution is -0.137. The molecule has 172 valence electrons. The largest absolute Gasteiger partial charge is 0.489 e. The van der Waals surface area contributed by atoms with E-state index in [0.717, 1.165) is 31.1 Å². The van der Waals surface area contributed by atoms with Crippen LogP contribution in [0.2, 0.25) is 0 Å². The summed E-state index contributed by atoms with van der Waals surface area (Å²) in [7, 11) is 0. The number of allylic oxidation sites excluding steroid dienone is 1. The molecule has 2 rings (SSSR count). The number of alkyl halides is 3. The highest BCUT2D eigenvalue weighted by atomic mass is 19.4. The molecule has 0 aliphatic rings. The lowest BCUT2D eigenvalue weighted by Gasteiger charge is -2.09. The molecule has 0 heterocycles. The van der Waals surface area contributed by atoms with Crippen LogP contribution in [-0.2, 0) is 22.4 Å². The van der Waals surface area contributed by atoms with Gasteiger partial charge < -0.3 is 14.9 Å². The molecule has 0 radical (unpaired) electrons. The van der Waals surface area contributed by atoms with Gasteiger partial charge in [0.2, 0.25) is 0 Å². The van der Waals surface area contributed by atoms with Gasteiger partial charge in [0.15, 0.2) is 0 Å². The SMILES string of the molecule is CCCC=C(C)C(=O)O.O=C(O)C=Cc1ccc(OCc2ccc(C(F)(F)F)cc2)cc1. The van der Waals surface area contributed by atoms with Crippen LogP contribution in [0.4, 0.5) is 13.2 Å². The molecule has 0 fully saturated rings. The highest BCUT2D eigenvalue weighted by Crippen LogP contribution is 2.29. The topological polar surface area (TPSA) is 83.8 Å². The van der Waals surface area contributed by atoms with E-state index in [9.17, 15) is 22.8 Å². The molecule has 0 atom stereocenters. The Morgan fingerprint density at radius 2 is 1.59 bits per heavy atom. The summed E-state index contributed by atoms with van der Waals surface area (Å²) in [5.41, 5.74) is 1.06. The number of carboxylic acid groups (broad SMARTS) is 2. The lowest BCUT2D eigenvalue weighted by Crippen LogP contribution is -2.05. The number of unbranched alkanes of at least 4 members (excludes halogenated alkanes) is 1. The predicted molar refractivity (Wildman–Crippen MR) is 115 cm³/mol. The van der Waals surface area contributed by atoms with Gasteiger partial charge in [0, 0.05) is 11.6 Å². The Morgan fingerprint density at radius 1 is 1.00 bits per heavy atom. The number of carbonyl (C=O) groups is 2. The maximum Gasteiger partial charge on any atom is 0.416 e. The summed E-state index contributed by atoms with van der Waals surface area (Å²) in [6, 6.07) is 11.4. The molecule has 8 heteroatoms. The van der Waals surface area contributed by atoms with Crippen LogP contribution >= 0.6 is 0 Å². The average molecular weight is 450 g/mol. The first-order valence-corrected chi connectivity index (χ1v) is 9.73.